The highest BCUT2D eigenvalue weighted by atomic mass is 16.1. The van der Waals surface area contributed by atoms with Gasteiger partial charge in [0.25, 0.3) is 0 Å². The van der Waals surface area contributed by atoms with E-state index in [1.165, 1.54) is 0 Å². The number of aromatic nitrogens is 1. The summed E-state index contributed by atoms with van der Waals surface area (Å²) in [5, 5.41) is 2.82. The Hall–Kier alpha value is -1.62. The highest BCUT2D eigenvalue weighted by molar-refractivity contribution is 5.92. The molecule has 17 heavy (non-hydrogen) atoms. The zero-order valence-electron chi connectivity index (χ0n) is 10.6. The van der Waals surface area contributed by atoms with Crippen LogP contribution in [0.4, 0.5) is 11.5 Å². The molecule has 3 N–H and O–H groups in total. The fourth-order valence-electron chi connectivity index (χ4n) is 1.37. The lowest BCUT2D eigenvalue weighted by molar-refractivity contribution is -0.119. The molecule has 0 fully saturated rings. The molecule has 1 aromatic heterocycles. The number of pyridine rings is 1. The number of rotatable bonds is 5. The van der Waals surface area contributed by atoms with Crippen molar-refractivity contribution in [2.24, 2.45) is 11.7 Å². The lowest BCUT2D eigenvalue weighted by Gasteiger charge is -2.13. The standard InChI is InChI=1S/C12H20N4O/c1-9(6-7-13)12(17)15-10-4-5-11(14-8-10)16(2)3/h4-5,8-9H,6-7,13H2,1-3H3,(H,15,17). The first-order chi connectivity index (χ1) is 8.04. The molecule has 1 amide bonds. The summed E-state index contributed by atoms with van der Waals surface area (Å²) in [6, 6.07) is 3.71. The van der Waals surface area contributed by atoms with Gasteiger partial charge in [-0.15, -0.1) is 0 Å². The number of amides is 1. The Morgan fingerprint density at radius 1 is 1.53 bits per heavy atom. The molecule has 1 unspecified atom stereocenters. The van der Waals surface area contributed by atoms with Crippen molar-refractivity contribution in [1.82, 2.24) is 4.98 Å². The van der Waals surface area contributed by atoms with Crippen molar-refractivity contribution in [2.75, 3.05) is 30.9 Å². The SMILES string of the molecule is CC(CCN)C(=O)Nc1ccc(N(C)C)nc1. The molecule has 5 heteroatoms. The van der Waals surface area contributed by atoms with E-state index in [9.17, 15) is 4.79 Å². The normalized spacial score (nSPS) is 12.0. The van der Waals surface area contributed by atoms with Crippen LogP contribution in [-0.4, -0.2) is 31.5 Å². The third kappa shape index (κ3) is 4.03. The van der Waals surface area contributed by atoms with E-state index < -0.39 is 0 Å². The van der Waals surface area contributed by atoms with Gasteiger partial charge >= 0.3 is 0 Å². The van der Waals surface area contributed by atoms with Gasteiger partial charge in [0.15, 0.2) is 0 Å². The van der Waals surface area contributed by atoms with Crippen molar-refractivity contribution in [3.8, 4) is 0 Å². The van der Waals surface area contributed by atoms with E-state index in [1.807, 2.05) is 38.1 Å². The third-order valence-corrected chi connectivity index (χ3v) is 2.52. The highest BCUT2D eigenvalue weighted by Gasteiger charge is 2.11. The second-order valence-electron chi connectivity index (χ2n) is 4.27. The van der Waals surface area contributed by atoms with E-state index in [2.05, 4.69) is 10.3 Å². The molecule has 0 aliphatic heterocycles. The molecule has 1 heterocycles. The molecule has 0 saturated carbocycles. The molecule has 0 saturated heterocycles. The Bertz CT molecular complexity index is 361. The van der Waals surface area contributed by atoms with Crippen molar-refractivity contribution in [2.45, 2.75) is 13.3 Å². The first kappa shape index (κ1) is 13.4. The summed E-state index contributed by atoms with van der Waals surface area (Å²) in [5.74, 6) is 0.765. The monoisotopic (exact) mass is 236 g/mol. The van der Waals surface area contributed by atoms with Crippen molar-refractivity contribution in [1.29, 1.82) is 0 Å². The van der Waals surface area contributed by atoms with Crippen LogP contribution < -0.4 is 16.0 Å². The first-order valence-electron chi connectivity index (χ1n) is 5.69. The predicted octanol–water partition coefficient (Wildman–Crippen LogP) is 1.07. The predicted molar refractivity (Wildman–Crippen MR) is 70.0 cm³/mol. The van der Waals surface area contributed by atoms with Crippen molar-refractivity contribution >= 4 is 17.4 Å². The van der Waals surface area contributed by atoms with E-state index in [0.29, 0.717) is 18.7 Å². The maximum atomic E-state index is 11.7. The van der Waals surface area contributed by atoms with Gasteiger partial charge in [0.2, 0.25) is 5.91 Å². The summed E-state index contributed by atoms with van der Waals surface area (Å²) in [5.41, 5.74) is 6.13. The average Bonchev–Trinajstić information content (AvgIpc) is 2.30. The van der Waals surface area contributed by atoms with Gasteiger partial charge in [-0.2, -0.15) is 0 Å². The van der Waals surface area contributed by atoms with Gasteiger partial charge in [-0.3, -0.25) is 4.79 Å². The lowest BCUT2D eigenvalue weighted by atomic mass is 10.1. The zero-order chi connectivity index (χ0) is 12.8. The van der Waals surface area contributed by atoms with Gasteiger partial charge in [-0.05, 0) is 25.1 Å². The van der Waals surface area contributed by atoms with E-state index in [1.54, 1.807) is 6.20 Å². The van der Waals surface area contributed by atoms with E-state index in [4.69, 9.17) is 5.73 Å². The van der Waals surface area contributed by atoms with Gasteiger partial charge in [-0.25, -0.2) is 4.98 Å². The summed E-state index contributed by atoms with van der Waals surface area (Å²) in [4.78, 5) is 17.8. The average molecular weight is 236 g/mol. The fraction of sp³-hybridized carbons (Fsp3) is 0.500. The zero-order valence-corrected chi connectivity index (χ0v) is 10.6. The minimum atomic E-state index is -0.0754. The van der Waals surface area contributed by atoms with Crippen LogP contribution in [0.2, 0.25) is 0 Å². The molecule has 1 rings (SSSR count). The number of carbonyl (C=O) groups is 1. The molecule has 0 bridgehead atoms. The summed E-state index contributed by atoms with van der Waals surface area (Å²) >= 11 is 0. The minimum Gasteiger partial charge on any atom is -0.363 e. The van der Waals surface area contributed by atoms with Gasteiger partial charge in [0.05, 0.1) is 11.9 Å². The van der Waals surface area contributed by atoms with Crippen molar-refractivity contribution in [3.05, 3.63) is 18.3 Å². The number of anilines is 2. The lowest BCUT2D eigenvalue weighted by Crippen LogP contribution is -2.22. The molecule has 0 radical (unpaired) electrons. The van der Waals surface area contributed by atoms with Gasteiger partial charge < -0.3 is 16.0 Å². The van der Waals surface area contributed by atoms with Crippen LogP contribution in [0.3, 0.4) is 0 Å². The van der Waals surface area contributed by atoms with E-state index >= 15 is 0 Å². The molecule has 5 nitrogen and oxygen atoms in total. The molecule has 94 valence electrons. The summed E-state index contributed by atoms with van der Waals surface area (Å²) in [7, 11) is 3.84. The number of hydrogen-bond donors (Lipinski definition) is 2. The summed E-state index contributed by atoms with van der Waals surface area (Å²) in [6.45, 7) is 2.39. The van der Waals surface area contributed by atoms with Crippen LogP contribution in [-0.2, 0) is 4.79 Å². The Morgan fingerprint density at radius 2 is 2.24 bits per heavy atom. The molecule has 1 atom stereocenters. The first-order valence-corrected chi connectivity index (χ1v) is 5.69. The van der Waals surface area contributed by atoms with Crippen LogP contribution in [0.25, 0.3) is 0 Å². The summed E-state index contributed by atoms with van der Waals surface area (Å²) < 4.78 is 0. The van der Waals surface area contributed by atoms with Crippen molar-refractivity contribution < 1.29 is 4.79 Å². The maximum Gasteiger partial charge on any atom is 0.227 e. The molecule has 0 spiro atoms. The maximum absolute atomic E-state index is 11.7. The van der Waals surface area contributed by atoms with Crippen LogP contribution in [0, 0.1) is 5.92 Å². The third-order valence-electron chi connectivity index (χ3n) is 2.52. The number of nitrogens with two attached hydrogens (primary N) is 1. The number of nitrogens with one attached hydrogen (secondary N) is 1. The number of nitrogens with zero attached hydrogens (tertiary/aromatic N) is 2. The molecule has 0 aliphatic rings. The highest BCUT2D eigenvalue weighted by Crippen LogP contribution is 2.13. The van der Waals surface area contributed by atoms with Gasteiger partial charge in [0, 0.05) is 20.0 Å². The molecule has 0 aliphatic carbocycles. The number of hydrogen-bond acceptors (Lipinski definition) is 4. The molecule has 1 aromatic rings. The Balaban J connectivity index is 2.60. The van der Waals surface area contributed by atoms with E-state index in [0.717, 1.165) is 5.82 Å². The number of carbonyl (C=O) groups excluding carboxylic acids is 1. The molecular formula is C12H20N4O. The Morgan fingerprint density at radius 3 is 2.71 bits per heavy atom. The second-order valence-corrected chi connectivity index (χ2v) is 4.27. The molecular weight excluding hydrogens is 216 g/mol. The topological polar surface area (TPSA) is 71.2 Å². The van der Waals surface area contributed by atoms with E-state index in [-0.39, 0.29) is 11.8 Å². The Kier molecular flexibility index (Phi) is 4.90. The van der Waals surface area contributed by atoms with Gasteiger partial charge in [-0.1, -0.05) is 6.92 Å². The largest absolute Gasteiger partial charge is 0.363 e. The quantitative estimate of drug-likeness (QED) is 0.802. The second kappa shape index (κ2) is 6.20. The smallest absolute Gasteiger partial charge is 0.227 e. The van der Waals surface area contributed by atoms with Crippen LogP contribution in [0.5, 0.6) is 0 Å². The molecule has 0 aromatic carbocycles. The van der Waals surface area contributed by atoms with Gasteiger partial charge in [0.1, 0.15) is 5.82 Å². The van der Waals surface area contributed by atoms with Crippen LogP contribution in [0.15, 0.2) is 18.3 Å². The van der Waals surface area contributed by atoms with Crippen LogP contribution in [0.1, 0.15) is 13.3 Å². The van der Waals surface area contributed by atoms with Crippen molar-refractivity contribution in [3.63, 3.8) is 0 Å². The fourth-order valence-corrected chi connectivity index (χ4v) is 1.37. The van der Waals surface area contributed by atoms with Crippen LogP contribution >= 0.6 is 0 Å². The Labute approximate surface area is 102 Å². The summed E-state index contributed by atoms with van der Waals surface area (Å²) in [6.07, 6.45) is 2.34. The minimum absolute atomic E-state index is 0.0187.